The first-order valence-corrected chi connectivity index (χ1v) is 14.7. The van der Waals surface area contributed by atoms with Crippen LogP contribution < -0.4 is 0 Å². The lowest BCUT2D eigenvalue weighted by Gasteiger charge is -2.11. The van der Waals surface area contributed by atoms with Crippen molar-refractivity contribution in [3.63, 3.8) is 0 Å². The second kappa shape index (κ2) is 8.37. The number of fused-ring (bicyclic) bond motifs is 11. The highest BCUT2D eigenvalue weighted by atomic mass is 16.3. The van der Waals surface area contributed by atoms with Crippen molar-refractivity contribution in [1.29, 1.82) is 0 Å². The van der Waals surface area contributed by atoms with E-state index < -0.39 is 0 Å². The SMILES string of the molecule is c1ccc2cc(-n3c4ccccc4c4ccc5c(c6ccccc6n5-c5ccc6oc7ccccc7c6c5)c43)ccc2c1. The van der Waals surface area contributed by atoms with E-state index in [-0.39, 0.29) is 0 Å². The van der Waals surface area contributed by atoms with E-state index in [0.29, 0.717) is 0 Å². The Hall–Kier alpha value is -5.80. The highest BCUT2D eigenvalue weighted by Gasteiger charge is 2.21. The quantitative estimate of drug-likeness (QED) is 0.211. The molecule has 0 amide bonds. The number of nitrogens with zero attached hydrogens (tertiary/aromatic N) is 2. The largest absolute Gasteiger partial charge is 0.456 e. The molecule has 0 fully saturated rings. The highest BCUT2D eigenvalue weighted by Crippen LogP contribution is 2.42. The summed E-state index contributed by atoms with van der Waals surface area (Å²) < 4.78 is 11.0. The van der Waals surface area contributed by atoms with Crippen LogP contribution in [0.25, 0.3) is 87.7 Å². The van der Waals surface area contributed by atoms with Gasteiger partial charge in [0.1, 0.15) is 11.2 Å². The van der Waals surface area contributed by atoms with Gasteiger partial charge in [0.15, 0.2) is 0 Å². The zero-order chi connectivity index (χ0) is 28.1. The van der Waals surface area contributed by atoms with E-state index in [2.05, 4.69) is 143 Å². The van der Waals surface area contributed by atoms with Crippen molar-refractivity contribution in [2.24, 2.45) is 0 Å². The number of hydrogen-bond acceptors (Lipinski definition) is 1. The first kappa shape index (κ1) is 22.8. The molecule has 200 valence electrons. The third kappa shape index (κ3) is 3.08. The summed E-state index contributed by atoms with van der Waals surface area (Å²) in [5, 5.41) is 9.77. The van der Waals surface area contributed by atoms with Crippen molar-refractivity contribution in [2.45, 2.75) is 0 Å². The van der Waals surface area contributed by atoms with Gasteiger partial charge in [-0.15, -0.1) is 0 Å². The lowest BCUT2D eigenvalue weighted by atomic mass is 10.1. The third-order valence-electron chi connectivity index (χ3n) is 9.08. The van der Waals surface area contributed by atoms with Gasteiger partial charge in [-0.25, -0.2) is 0 Å². The number of benzene rings is 7. The standard InChI is InChI=1S/C40H24N2O/c1-2-10-26-23-27(18-17-25(26)9-1)42-34-14-6-3-11-29(34)31-20-21-36-39(40(31)42)32-13-4-7-15-35(32)41(36)28-19-22-38-33(24-28)30-12-5-8-16-37(30)43-38/h1-24H. The van der Waals surface area contributed by atoms with E-state index in [1.807, 2.05) is 12.1 Å². The molecular formula is C40H24N2O. The summed E-state index contributed by atoms with van der Waals surface area (Å²) in [5.41, 5.74) is 8.93. The van der Waals surface area contributed by atoms with Gasteiger partial charge in [-0.2, -0.15) is 0 Å². The average molecular weight is 549 g/mol. The molecule has 0 aliphatic rings. The molecule has 0 unspecified atom stereocenters. The van der Waals surface area contributed by atoms with Crippen molar-refractivity contribution < 1.29 is 4.42 Å². The van der Waals surface area contributed by atoms with Crippen molar-refractivity contribution >= 4 is 76.3 Å². The van der Waals surface area contributed by atoms with E-state index in [1.165, 1.54) is 60.1 Å². The van der Waals surface area contributed by atoms with Crippen molar-refractivity contribution in [3.05, 3.63) is 146 Å². The summed E-state index contributed by atoms with van der Waals surface area (Å²) in [4.78, 5) is 0. The molecule has 0 spiro atoms. The van der Waals surface area contributed by atoms with Crippen molar-refractivity contribution in [2.75, 3.05) is 0 Å². The molecule has 3 nitrogen and oxygen atoms in total. The summed E-state index contributed by atoms with van der Waals surface area (Å²) in [6.45, 7) is 0. The molecule has 0 radical (unpaired) electrons. The minimum Gasteiger partial charge on any atom is -0.456 e. The van der Waals surface area contributed by atoms with Crippen LogP contribution in [0.15, 0.2) is 150 Å². The van der Waals surface area contributed by atoms with E-state index in [1.54, 1.807) is 0 Å². The maximum Gasteiger partial charge on any atom is 0.135 e. The van der Waals surface area contributed by atoms with Crippen LogP contribution in [0.5, 0.6) is 0 Å². The zero-order valence-electron chi connectivity index (χ0n) is 23.2. The topological polar surface area (TPSA) is 23.0 Å². The Morgan fingerprint density at radius 3 is 1.91 bits per heavy atom. The number of hydrogen-bond donors (Lipinski definition) is 0. The molecule has 7 aromatic carbocycles. The minimum atomic E-state index is 0.907. The normalized spacial score (nSPS) is 12.2. The van der Waals surface area contributed by atoms with Crippen LogP contribution in [-0.2, 0) is 0 Å². The number of furan rings is 1. The molecule has 0 aliphatic heterocycles. The fraction of sp³-hybridized carbons (Fsp3) is 0. The van der Waals surface area contributed by atoms with Gasteiger partial charge in [0.2, 0.25) is 0 Å². The summed E-state index contributed by atoms with van der Waals surface area (Å²) in [5.74, 6) is 0. The third-order valence-corrected chi connectivity index (χ3v) is 9.08. The van der Waals surface area contributed by atoms with Gasteiger partial charge in [-0.1, -0.05) is 91.0 Å². The Kier molecular flexibility index (Phi) is 4.45. The van der Waals surface area contributed by atoms with Gasteiger partial charge in [0.05, 0.1) is 22.1 Å². The fourth-order valence-electron chi connectivity index (χ4n) is 7.22. The summed E-state index contributed by atoms with van der Waals surface area (Å²) in [7, 11) is 0. The molecule has 10 aromatic rings. The van der Waals surface area contributed by atoms with E-state index in [9.17, 15) is 0 Å². The molecule has 3 heterocycles. The number of aromatic nitrogens is 2. The molecule has 0 saturated heterocycles. The van der Waals surface area contributed by atoms with Crippen LogP contribution in [0.3, 0.4) is 0 Å². The second-order valence-electron chi connectivity index (χ2n) is 11.4. The molecule has 0 bridgehead atoms. The van der Waals surface area contributed by atoms with Gasteiger partial charge in [-0.05, 0) is 65.4 Å². The molecule has 0 aliphatic carbocycles. The molecule has 0 saturated carbocycles. The number of rotatable bonds is 2. The van der Waals surface area contributed by atoms with E-state index in [0.717, 1.165) is 27.6 Å². The van der Waals surface area contributed by atoms with Crippen molar-refractivity contribution in [3.8, 4) is 11.4 Å². The first-order chi connectivity index (χ1) is 21.3. The van der Waals surface area contributed by atoms with Crippen molar-refractivity contribution in [1.82, 2.24) is 9.13 Å². The summed E-state index contributed by atoms with van der Waals surface area (Å²) in [6.07, 6.45) is 0. The first-order valence-electron chi connectivity index (χ1n) is 14.7. The summed E-state index contributed by atoms with van der Waals surface area (Å²) >= 11 is 0. The molecule has 3 aromatic heterocycles. The van der Waals surface area contributed by atoms with Gasteiger partial charge in [0.25, 0.3) is 0 Å². The smallest absolute Gasteiger partial charge is 0.135 e. The molecule has 0 atom stereocenters. The van der Waals surface area contributed by atoms with Crippen LogP contribution >= 0.6 is 0 Å². The van der Waals surface area contributed by atoms with Crippen LogP contribution in [0.1, 0.15) is 0 Å². The predicted molar refractivity (Wildman–Crippen MR) is 180 cm³/mol. The minimum absolute atomic E-state index is 0.907. The van der Waals surface area contributed by atoms with Gasteiger partial charge in [-0.3, -0.25) is 0 Å². The second-order valence-corrected chi connectivity index (χ2v) is 11.4. The molecule has 3 heteroatoms. The lowest BCUT2D eigenvalue weighted by Crippen LogP contribution is -1.95. The maximum atomic E-state index is 6.17. The Bertz CT molecular complexity index is 2740. The van der Waals surface area contributed by atoms with Crippen LogP contribution in [-0.4, -0.2) is 9.13 Å². The van der Waals surface area contributed by atoms with Gasteiger partial charge in [0, 0.05) is 43.7 Å². The fourth-order valence-corrected chi connectivity index (χ4v) is 7.22. The van der Waals surface area contributed by atoms with E-state index >= 15 is 0 Å². The zero-order valence-corrected chi connectivity index (χ0v) is 23.2. The Balaban J connectivity index is 1.36. The summed E-state index contributed by atoms with van der Waals surface area (Å²) in [6, 6.07) is 52.4. The molecule has 0 N–H and O–H groups in total. The predicted octanol–water partition coefficient (Wildman–Crippen LogP) is 10.9. The van der Waals surface area contributed by atoms with Gasteiger partial charge < -0.3 is 13.6 Å². The molecule has 10 rings (SSSR count). The van der Waals surface area contributed by atoms with Gasteiger partial charge >= 0.3 is 0 Å². The average Bonchev–Trinajstić information content (AvgIpc) is 3.72. The highest BCUT2D eigenvalue weighted by molar-refractivity contribution is 6.26. The van der Waals surface area contributed by atoms with E-state index in [4.69, 9.17) is 4.42 Å². The van der Waals surface area contributed by atoms with Crippen LogP contribution in [0.2, 0.25) is 0 Å². The van der Waals surface area contributed by atoms with Crippen LogP contribution in [0, 0.1) is 0 Å². The molecule has 43 heavy (non-hydrogen) atoms. The monoisotopic (exact) mass is 548 g/mol. The maximum absolute atomic E-state index is 6.17. The van der Waals surface area contributed by atoms with Crippen LogP contribution in [0.4, 0.5) is 0 Å². The lowest BCUT2D eigenvalue weighted by molar-refractivity contribution is 0.669. The Labute approximate surface area is 246 Å². The molecular weight excluding hydrogens is 524 g/mol. The number of para-hydroxylation sites is 3. The Morgan fingerprint density at radius 1 is 0.372 bits per heavy atom. The Morgan fingerprint density at radius 2 is 1.02 bits per heavy atom.